The van der Waals surface area contributed by atoms with Gasteiger partial charge < -0.3 is 5.11 Å². The number of aliphatic hydroxyl groups is 1. The third kappa shape index (κ3) is 2.39. The van der Waals surface area contributed by atoms with Crippen LogP contribution in [-0.4, -0.2) is 28.7 Å². The molecule has 1 aliphatic heterocycles. The topological polar surface area (TPSA) is 23.5 Å². The normalized spacial score (nSPS) is 32.1. The molecule has 82 valence electrons. The lowest BCUT2D eigenvalue weighted by Gasteiger charge is -2.20. The first-order valence-corrected chi connectivity index (χ1v) is 5.56. The number of rotatable bonds is 2. The third-order valence-corrected chi connectivity index (χ3v) is 3.39. The molecule has 1 fully saturated rings. The smallest absolute Gasteiger partial charge is 0.0783 e. The van der Waals surface area contributed by atoms with Crippen molar-refractivity contribution in [3.63, 3.8) is 0 Å². The van der Waals surface area contributed by atoms with E-state index in [1.807, 2.05) is 13.0 Å². The number of likely N-dealkylation sites (tertiary alicyclic amines) is 1. The molecule has 0 saturated carbocycles. The van der Waals surface area contributed by atoms with Crippen molar-refractivity contribution in [1.82, 2.24) is 4.90 Å². The van der Waals surface area contributed by atoms with Crippen LogP contribution >= 0.6 is 0 Å². The Kier molecular flexibility index (Phi) is 2.81. The highest BCUT2D eigenvalue weighted by atomic mass is 16.3. The molecule has 0 bridgehead atoms. The first-order chi connectivity index (χ1) is 7.08. The lowest BCUT2D eigenvalue weighted by atomic mass is 9.95. The molecule has 2 heteroatoms. The molecule has 1 aliphatic rings. The molecule has 0 radical (unpaired) electrons. The molecule has 0 spiro atoms. The SMILES string of the molecule is C[C@@H]1CN(Cc2ccccc2)C[C@@]1(C)O. The van der Waals surface area contributed by atoms with E-state index in [4.69, 9.17) is 0 Å². The van der Waals surface area contributed by atoms with Crippen molar-refractivity contribution in [3.05, 3.63) is 35.9 Å². The van der Waals surface area contributed by atoms with E-state index >= 15 is 0 Å². The van der Waals surface area contributed by atoms with Crippen molar-refractivity contribution >= 4 is 0 Å². The predicted molar refractivity (Wildman–Crippen MR) is 61.5 cm³/mol. The van der Waals surface area contributed by atoms with Gasteiger partial charge in [0.1, 0.15) is 0 Å². The van der Waals surface area contributed by atoms with Gasteiger partial charge in [0.15, 0.2) is 0 Å². The average molecular weight is 205 g/mol. The van der Waals surface area contributed by atoms with Gasteiger partial charge in [0, 0.05) is 19.6 Å². The minimum Gasteiger partial charge on any atom is -0.389 e. The molecule has 15 heavy (non-hydrogen) atoms. The maximum absolute atomic E-state index is 10.1. The lowest BCUT2D eigenvalue weighted by Crippen LogP contribution is -2.32. The zero-order chi connectivity index (χ0) is 10.9. The summed E-state index contributed by atoms with van der Waals surface area (Å²) in [6.07, 6.45) is 0. The summed E-state index contributed by atoms with van der Waals surface area (Å²) in [5.41, 5.74) is 0.803. The van der Waals surface area contributed by atoms with Gasteiger partial charge in [-0.15, -0.1) is 0 Å². The highest BCUT2D eigenvalue weighted by Crippen LogP contribution is 2.27. The maximum Gasteiger partial charge on any atom is 0.0783 e. The van der Waals surface area contributed by atoms with Crippen molar-refractivity contribution < 1.29 is 5.11 Å². The fourth-order valence-corrected chi connectivity index (χ4v) is 2.22. The summed E-state index contributed by atoms with van der Waals surface area (Å²) in [6, 6.07) is 10.4. The number of hydrogen-bond donors (Lipinski definition) is 1. The first-order valence-electron chi connectivity index (χ1n) is 5.56. The molecular formula is C13H19NO. The second-order valence-electron chi connectivity index (χ2n) is 4.91. The molecule has 1 N–H and O–H groups in total. The molecule has 1 saturated heterocycles. The van der Waals surface area contributed by atoms with Gasteiger partial charge in [0.05, 0.1) is 5.60 Å². The molecule has 1 aromatic rings. The minimum absolute atomic E-state index is 0.362. The summed E-state index contributed by atoms with van der Waals surface area (Å²) in [6.45, 7) is 6.76. The maximum atomic E-state index is 10.1. The quantitative estimate of drug-likeness (QED) is 0.797. The molecule has 1 heterocycles. The van der Waals surface area contributed by atoms with Gasteiger partial charge in [0.2, 0.25) is 0 Å². The van der Waals surface area contributed by atoms with Gasteiger partial charge >= 0.3 is 0 Å². The Morgan fingerprint density at radius 3 is 2.60 bits per heavy atom. The van der Waals surface area contributed by atoms with E-state index in [1.54, 1.807) is 0 Å². The lowest BCUT2D eigenvalue weighted by molar-refractivity contribution is 0.0364. The van der Waals surface area contributed by atoms with Crippen LogP contribution in [0.2, 0.25) is 0 Å². The molecule has 0 aromatic heterocycles. The summed E-state index contributed by atoms with van der Waals surface area (Å²) in [5.74, 6) is 0.362. The van der Waals surface area contributed by atoms with Crippen molar-refractivity contribution in [2.45, 2.75) is 26.0 Å². The summed E-state index contributed by atoms with van der Waals surface area (Å²) >= 11 is 0. The van der Waals surface area contributed by atoms with Gasteiger partial charge in [-0.2, -0.15) is 0 Å². The zero-order valence-electron chi connectivity index (χ0n) is 9.48. The van der Waals surface area contributed by atoms with Gasteiger partial charge in [-0.05, 0) is 18.4 Å². The van der Waals surface area contributed by atoms with E-state index in [0.717, 1.165) is 19.6 Å². The van der Waals surface area contributed by atoms with Crippen LogP contribution in [-0.2, 0) is 6.54 Å². The Hall–Kier alpha value is -0.860. The second-order valence-corrected chi connectivity index (χ2v) is 4.91. The van der Waals surface area contributed by atoms with Crippen molar-refractivity contribution in [3.8, 4) is 0 Å². The predicted octanol–water partition coefficient (Wildman–Crippen LogP) is 1.89. The number of nitrogens with zero attached hydrogens (tertiary/aromatic N) is 1. The minimum atomic E-state index is -0.519. The molecule has 0 amide bonds. The van der Waals surface area contributed by atoms with Crippen LogP contribution < -0.4 is 0 Å². The molecule has 2 rings (SSSR count). The fraction of sp³-hybridized carbons (Fsp3) is 0.538. The van der Waals surface area contributed by atoms with Gasteiger partial charge in [-0.25, -0.2) is 0 Å². The summed E-state index contributed by atoms with van der Waals surface area (Å²) in [4.78, 5) is 2.32. The Morgan fingerprint density at radius 2 is 2.07 bits per heavy atom. The molecule has 1 aromatic carbocycles. The highest BCUT2D eigenvalue weighted by molar-refractivity contribution is 5.15. The molecular weight excluding hydrogens is 186 g/mol. The van der Waals surface area contributed by atoms with E-state index in [1.165, 1.54) is 5.56 Å². The van der Waals surface area contributed by atoms with Crippen LogP contribution in [0.25, 0.3) is 0 Å². The zero-order valence-corrected chi connectivity index (χ0v) is 9.48. The van der Waals surface area contributed by atoms with Crippen LogP contribution in [0.5, 0.6) is 0 Å². The fourth-order valence-electron chi connectivity index (χ4n) is 2.22. The molecule has 2 atom stereocenters. The average Bonchev–Trinajstić information content (AvgIpc) is 2.42. The van der Waals surface area contributed by atoms with Crippen LogP contribution in [0.3, 0.4) is 0 Å². The summed E-state index contributed by atoms with van der Waals surface area (Å²) < 4.78 is 0. The molecule has 0 aliphatic carbocycles. The second kappa shape index (κ2) is 3.95. The summed E-state index contributed by atoms with van der Waals surface area (Å²) in [5, 5.41) is 10.1. The molecule has 2 nitrogen and oxygen atoms in total. The Morgan fingerprint density at radius 1 is 1.40 bits per heavy atom. The van der Waals surface area contributed by atoms with Crippen LogP contribution in [0, 0.1) is 5.92 Å². The third-order valence-electron chi connectivity index (χ3n) is 3.39. The first kappa shape index (κ1) is 10.7. The Balaban J connectivity index is 1.99. The number of benzene rings is 1. The van der Waals surface area contributed by atoms with Crippen LogP contribution in [0.4, 0.5) is 0 Å². The van der Waals surface area contributed by atoms with Crippen molar-refractivity contribution in [1.29, 1.82) is 0 Å². The van der Waals surface area contributed by atoms with E-state index in [9.17, 15) is 5.11 Å². The monoisotopic (exact) mass is 205 g/mol. The van der Waals surface area contributed by atoms with Crippen LogP contribution in [0.1, 0.15) is 19.4 Å². The van der Waals surface area contributed by atoms with Gasteiger partial charge in [0.25, 0.3) is 0 Å². The van der Waals surface area contributed by atoms with Gasteiger partial charge in [-0.1, -0.05) is 37.3 Å². The standard InChI is InChI=1S/C13H19NO/c1-11-8-14(10-13(11,2)15)9-12-6-4-3-5-7-12/h3-7,11,15H,8-10H2,1-2H3/t11-,13-/m1/s1. The largest absolute Gasteiger partial charge is 0.389 e. The highest BCUT2D eigenvalue weighted by Gasteiger charge is 2.37. The van der Waals surface area contributed by atoms with E-state index < -0.39 is 5.60 Å². The van der Waals surface area contributed by atoms with E-state index in [-0.39, 0.29) is 0 Å². The number of β-amino-alcohol motifs (C(OH)–C–C–N with tert-alkyl or cyclic N) is 1. The Bertz CT molecular complexity index is 321. The molecule has 0 unspecified atom stereocenters. The van der Waals surface area contributed by atoms with Gasteiger partial charge in [-0.3, -0.25) is 4.90 Å². The van der Waals surface area contributed by atoms with Crippen molar-refractivity contribution in [2.75, 3.05) is 13.1 Å². The van der Waals surface area contributed by atoms with Crippen LogP contribution in [0.15, 0.2) is 30.3 Å². The Labute approximate surface area is 91.5 Å². The van der Waals surface area contributed by atoms with E-state index in [2.05, 4.69) is 36.1 Å². The number of hydrogen-bond acceptors (Lipinski definition) is 2. The summed E-state index contributed by atoms with van der Waals surface area (Å²) in [7, 11) is 0. The van der Waals surface area contributed by atoms with E-state index in [0.29, 0.717) is 5.92 Å². The van der Waals surface area contributed by atoms with Crippen molar-refractivity contribution in [2.24, 2.45) is 5.92 Å².